The second-order valence-corrected chi connectivity index (χ2v) is 23.1. The molecule has 6 heterocycles. The van der Waals surface area contributed by atoms with Crippen LogP contribution >= 0.6 is 0 Å². The molecule has 6 aromatic rings. The van der Waals surface area contributed by atoms with E-state index in [1.165, 1.54) is 11.1 Å². The number of hydrogen-bond acceptors (Lipinski definition) is 13. The van der Waals surface area contributed by atoms with Crippen molar-refractivity contribution in [2.45, 2.75) is 89.6 Å². The number of aromatic nitrogens is 4. The minimum Gasteiger partial charge on any atom is -0.481 e. The van der Waals surface area contributed by atoms with Gasteiger partial charge in [0.25, 0.3) is 0 Å². The van der Waals surface area contributed by atoms with Crippen LogP contribution < -0.4 is 27.4 Å². The lowest BCUT2D eigenvalue weighted by Gasteiger charge is -2.41. The number of amides is 7. The summed E-state index contributed by atoms with van der Waals surface area (Å²) in [5, 5.41) is 36.0. The fourth-order valence-electron chi connectivity index (χ4n) is 11.7. The standard InChI is InChI=1S/C33H40N8O3.C25H28N6O.C8H14N2O3/c34-19-26-6-8-28(9-7-26)22-40-24-36-20-29(40)10-13-37-32(43)30-23-38(21-27-4-2-1-3-5-27)16-17-41(30)31(42)18-25-11-14-39(15-12-25)33(35)44;26-14-20-6-8-22(9-7-20)17-31-19-27-15-23(31)10-11-29-25(32)24-18-30(13-12-28-24)16-21-4-2-1-3-5-21;9-8(13)10-3-1-6(2-4-10)5-7(11)12/h1-9,20,24-25,30H,10-18,21-23H2,(H2,35,44)(H,37,43);1-9,15,19,24,28H,10-13,16-18H2,(H,29,32);6H,1-5H2,(H2,9,13)(H,11,12)/t30-;24-;/m11./s1. The van der Waals surface area contributed by atoms with Crippen LogP contribution in [0.5, 0.6) is 0 Å². The maximum absolute atomic E-state index is 13.6. The van der Waals surface area contributed by atoms with Crippen molar-refractivity contribution in [3.63, 3.8) is 0 Å². The summed E-state index contributed by atoms with van der Waals surface area (Å²) in [6.07, 6.45) is 12.0. The Morgan fingerprint density at radius 3 is 1.46 bits per heavy atom. The van der Waals surface area contributed by atoms with Crippen molar-refractivity contribution in [2.24, 2.45) is 23.3 Å². The topological polar surface area (TPSA) is 310 Å². The molecule has 0 unspecified atom stereocenters. The zero-order chi connectivity index (χ0) is 62.9. The molecule has 468 valence electrons. The number of hydrogen-bond donors (Lipinski definition) is 6. The number of piperazine rings is 2. The van der Waals surface area contributed by atoms with Crippen molar-refractivity contribution in [3.8, 4) is 12.1 Å². The molecule has 4 aliphatic heterocycles. The first-order valence-corrected chi connectivity index (χ1v) is 30.6. The van der Waals surface area contributed by atoms with Gasteiger partial charge in [-0.1, -0.05) is 84.9 Å². The number of carbonyl (C=O) groups is 6. The predicted molar refractivity (Wildman–Crippen MR) is 334 cm³/mol. The van der Waals surface area contributed by atoms with Crippen LogP contribution in [0.4, 0.5) is 9.59 Å². The van der Waals surface area contributed by atoms with Crippen molar-refractivity contribution < 1.29 is 33.9 Å². The Kier molecular flexibility index (Phi) is 24.8. The molecule has 23 heteroatoms. The summed E-state index contributed by atoms with van der Waals surface area (Å²) in [6.45, 7) is 10.3. The van der Waals surface area contributed by atoms with Gasteiger partial charge in [-0.05, 0) is 84.0 Å². The van der Waals surface area contributed by atoms with Gasteiger partial charge in [-0.25, -0.2) is 19.6 Å². The number of nitrogens with two attached hydrogens (primary N) is 2. The van der Waals surface area contributed by atoms with Crippen LogP contribution in [-0.2, 0) is 58.2 Å². The number of nitriles is 2. The zero-order valence-electron chi connectivity index (χ0n) is 50.5. The van der Waals surface area contributed by atoms with E-state index < -0.39 is 24.1 Å². The van der Waals surface area contributed by atoms with E-state index in [9.17, 15) is 28.8 Å². The summed E-state index contributed by atoms with van der Waals surface area (Å²) in [5.41, 5.74) is 18.4. The van der Waals surface area contributed by atoms with Crippen molar-refractivity contribution in [3.05, 3.63) is 179 Å². The molecule has 8 N–H and O–H groups in total. The first-order valence-electron chi connectivity index (χ1n) is 30.6. The zero-order valence-corrected chi connectivity index (χ0v) is 50.5. The molecule has 4 saturated heterocycles. The average molecular weight is 1210 g/mol. The highest BCUT2D eigenvalue weighted by Gasteiger charge is 2.37. The molecule has 0 saturated carbocycles. The molecule has 0 radical (unpaired) electrons. The number of urea groups is 2. The van der Waals surface area contributed by atoms with Crippen LogP contribution in [0, 0.1) is 34.5 Å². The van der Waals surface area contributed by atoms with Crippen LogP contribution in [0.1, 0.15) is 83.3 Å². The molecule has 2 atom stereocenters. The van der Waals surface area contributed by atoms with E-state index >= 15 is 0 Å². The lowest BCUT2D eigenvalue weighted by molar-refractivity contribution is -0.145. The molecule has 7 amide bonds. The Balaban J connectivity index is 0.000000198. The molecule has 0 aliphatic carbocycles. The van der Waals surface area contributed by atoms with Gasteiger partial charge in [-0.15, -0.1) is 0 Å². The van der Waals surface area contributed by atoms with E-state index in [0.717, 1.165) is 67.8 Å². The number of likely N-dealkylation sites (tertiary alicyclic amines) is 2. The number of imidazole rings is 2. The van der Waals surface area contributed by atoms with Gasteiger partial charge in [-0.3, -0.25) is 29.0 Å². The predicted octanol–water partition coefficient (Wildman–Crippen LogP) is 4.54. The van der Waals surface area contributed by atoms with Crippen LogP contribution in [0.15, 0.2) is 134 Å². The summed E-state index contributed by atoms with van der Waals surface area (Å²) in [4.78, 5) is 90.6. The normalized spacial score (nSPS) is 17.3. The van der Waals surface area contributed by atoms with E-state index in [2.05, 4.69) is 76.7 Å². The maximum Gasteiger partial charge on any atom is 0.314 e. The largest absolute Gasteiger partial charge is 0.481 e. The molecule has 0 spiro atoms. The number of carboxylic acid groups (broad SMARTS) is 1. The van der Waals surface area contributed by atoms with Crippen molar-refractivity contribution >= 4 is 35.8 Å². The number of aliphatic carboxylic acids is 1. The summed E-state index contributed by atoms with van der Waals surface area (Å²) >= 11 is 0. The number of piperidine rings is 2. The summed E-state index contributed by atoms with van der Waals surface area (Å²) in [6, 6.07) is 38.2. The summed E-state index contributed by atoms with van der Waals surface area (Å²) in [7, 11) is 0. The van der Waals surface area contributed by atoms with Gasteiger partial charge in [0.05, 0.1) is 42.0 Å². The first kappa shape index (κ1) is 65.6. The Hall–Kier alpha value is -9.42. The molecule has 2 aromatic heterocycles. The quantitative estimate of drug-likeness (QED) is 0.0612. The lowest BCUT2D eigenvalue weighted by Crippen LogP contribution is -2.60. The minimum atomic E-state index is -0.766. The van der Waals surface area contributed by atoms with Gasteiger partial charge >= 0.3 is 18.0 Å². The third kappa shape index (κ3) is 20.6. The van der Waals surface area contributed by atoms with Gasteiger partial charge in [0.2, 0.25) is 17.7 Å². The lowest BCUT2D eigenvalue weighted by atomic mass is 9.92. The first-order chi connectivity index (χ1) is 43.2. The van der Waals surface area contributed by atoms with Crippen LogP contribution in [-0.4, -0.2) is 175 Å². The van der Waals surface area contributed by atoms with E-state index in [1.54, 1.807) is 45.7 Å². The van der Waals surface area contributed by atoms with Crippen molar-refractivity contribution in [2.75, 3.05) is 78.5 Å². The number of nitrogens with one attached hydrogen (secondary N) is 3. The Bertz CT molecular complexity index is 3330. The average Bonchev–Trinajstić information content (AvgIpc) is 3.90. The highest BCUT2D eigenvalue weighted by Crippen LogP contribution is 2.24. The van der Waals surface area contributed by atoms with Crippen LogP contribution in [0.2, 0.25) is 0 Å². The maximum atomic E-state index is 13.6. The van der Waals surface area contributed by atoms with E-state index in [4.69, 9.17) is 27.1 Å². The third-order valence-corrected chi connectivity index (χ3v) is 16.8. The molecule has 10 rings (SSSR count). The van der Waals surface area contributed by atoms with Crippen LogP contribution in [0.25, 0.3) is 0 Å². The summed E-state index contributed by atoms with van der Waals surface area (Å²) < 4.78 is 4.11. The second kappa shape index (κ2) is 33.6. The SMILES string of the molecule is N#Cc1ccc(Cn2cncc2CCNC(=O)[C@H]2CN(Cc3ccccc3)CCN2)cc1.N#Cc1ccc(Cn2cncc2CCNC(=O)[C@H]2CN(Cc3ccccc3)CCN2C(=O)CC2CCN(C(N)=O)CC2)cc1.NC(=O)N1CCC(CC(=O)O)CC1. The molecule has 23 nitrogen and oxygen atoms in total. The van der Waals surface area contributed by atoms with Crippen LogP contribution in [0.3, 0.4) is 0 Å². The molecule has 89 heavy (non-hydrogen) atoms. The van der Waals surface area contributed by atoms with Gasteiger partial charge in [0, 0.05) is 154 Å². The van der Waals surface area contributed by atoms with Gasteiger partial charge in [0.1, 0.15) is 6.04 Å². The third-order valence-electron chi connectivity index (χ3n) is 16.8. The van der Waals surface area contributed by atoms with E-state index in [0.29, 0.717) is 115 Å². The van der Waals surface area contributed by atoms with E-state index in [-0.39, 0.29) is 42.0 Å². The number of carbonyl (C=O) groups excluding carboxylic acids is 5. The van der Waals surface area contributed by atoms with Gasteiger partial charge < -0.3 is 56.4 Å². The Morgan fingerprint density at radius 2 is 1.00 bits per heavy atom. The smallest absolute Gasteiger partial charge is 0.314 e. The van der Waals surface area contributed by atoms with Gasteiger partial charge in [0.15, 0.2) is 0 Å². The second-order valence-electron chi connectivity index (χ2n) is 23.1. The Labute approximate surface area is 520 Å². The van der Waals surface area contributed by atoms with Gasteiger partial charge in [-0.2, -0.15) is 10.5 Å². The molecular weight excluding hydrogens is 1130 g/mol. The number of primary amides is 2. The monoisotopic (exact) mass is 1210 g/mol. The number of nitrogens with zero attached hydrogens (tertiary/aromatic N) is 11. The number of carboxylic acids is 1. The molecular formula is C66H82N16O7. The fourth-order valence-corrected chi connectivity index (χ4v) is 11.7. The minimum absolute atomic E-state index is 0.0115. The highest BCUT2D eigenvalue weighted by molar-refractivity contribution is 5.88. The number of benzene rings is 4. The highest BCUT2D eigenvalue weighted by atomic mass is 16.4. The fraction of sp³-hybridized carbons (Fsp3) is 0.424. The molecule has 0 bridgehead atoms. The molecule has 4 aliphatic rings. The molecule has 4 aromatic carbocycles. The summed E-state index contributed by atoms with van der Waals surface area (Å²) in [5.74, 6) is -0.521. The van der Waals surface area contributed by atoms with E-state index in [1.807, 2.05) is 83.6 Å². The van der Waals surface area contributed by atoms with Crippen molar-refractivity contribution in [1.82, 2.24) is 59.6 Å². The Morgan fingerprint density at radius 1 is 0.551 bits per heavy atom. The molecule has 4 fully saturated rings. The number of rotatable bonds is 20. The van der Waals surface area contributed by atoms with Crippen molar-refractivity contribution in [1.29, 1.82) is 10.5 Å².